The number of hydrogen-bond acceptors (Lipinski definition) is 2. The van der Waals surface area contributed by atoms with Crippen LogP contribution in [0.25, 0.3) is 6.08 Å². The Bertz CT molecular complexity index is 262. The van der Waals surface area contributed by atoms with Crippen molar-refractivity contribution in [3.63, 3.8) is 0 Å². The summed E-state index contributed by atoms with van der Waals surface area (Å²) >= 11 is 0. The number of aryl methyl sites for hydroxylation is 1. The minimum Gasteiger partial charge on any atom is -0.250 e. The fourth-order valence-corrected chi connectivity index (χ4v) is 0.786. The quantitative estimate of drug-likeness (QED) is 0.683. The van der Waals surface area contributed by atoms with E-state index in [0.717, 1.165) is 11.4 Å². The van der Waals surface area contributed by atoms with Gasteiger partial charge in [0.05, 0.1) is 6.20 Å². The summed E-state index contributed by atoms with van der Waals surface area (Å²) < 4.78 is 1.66. The molecule has 0 aliphatic carbocycles. The molecule has 0 bridgehead atoms. The molecule has 0 aliphatic rings. The van der Waals surface area contributed by atoms with Crippen molar-refractivity contribution in [2.45, 2.75) is 41.5 Å². The van der Waals surface area contributed by atoms with Gasteiger partial charge in [0.2, 0.25) is 0 Å². The van der Waals surface area contributed by atoms with Crippen LogP contribution in [0, 0.1) is 0 Å². The van der Waals surface area contributed by atoms with Gasteiger partial charge in [0, 0.05) is 12.6 Å². The lowest BCUT2D eigenvalue weighted by Gasteiger charge is -1.92. The van der Waals surface area contributed by atoms with E-state index in [1.165, 1.54) is 0 Å². The van der Waals surface area contributed by atoms with E-state index in [-0.39, 0.29) is 0 Å². The molecule has 3 heteroatoms. The maximum Gasteiger partial charge on any atom is 0.156 e. The molecule has 0 saturated carbocycles. The Morgan fingerprint density at radius 1 is 1.19 bits per heavy atom. The van der Waals surface area contributed by atoms with E-state index in [2.05, 4.69) is 23.4 Å². The molecular formula is C13H27N3. The van der Waals surface area contributed by atoms with Crippen molar-refractivity contribution < 1.29 is 0 Å². The molecule has 0 fully saturated rings. The molecule has 0 saturated heterocycles. The van der Waals surface area contributed by atoms with Gasteiger partial charge in [-0.2, -0.15) is 5.10 Å². The van der Waals surface area contributed by atoms with Crippen LogP contribution in [-0.4, -0.2) is 16.5 Å². The van der Waals surface area contributed by atoms with Crippen LogP contribution in [0.1, 0.15) is 47.1 Å². The molecule has 1 heterocycles. The van der Waals surface area contributed by atoms with Gasteiger partial charge in [-0.25, -0.2) is 4.99 Å². The van der Waals surface area contributed by atoms with Crippen LogP contribution in [0.4, 0.5) is 5.82 Å². The van der Waals surface area contributed by atoms with Crippen LogP contribution < -0.4 is 0 Å². The molecule has 0 aliphatic heterocycles. The van der Waals surface area contributed by atoms with Crippen molar-refractivity contribution >= 4 is 18.6 Å². The molecule has 94 valence electrons. The lowest BCUT2D eigenvalue weighted by Crippen LogP contribution is -1.87. The van der Waals surface area contributed by atoms with Gasteiger partial charge in [-0.15, -0.1) is 0 Å². The molecule has 0 N–H and O–H groups in total. The summed E-state index contributed by atoms with van der Waals surface area (Å²) in [5.74, 6) is 0.759. The first kappa shape index (κ1) is 20.1. The molecular weight excluding hydrogens is 198 g/mol. The van der Waals surface area contributed by atoms with Crippen LogP contribution >= 0.6 is 0 Å². The maximum atomic E-state index is 3.97. The number of rotatable bonds is 2. The van der Waals surface area contributed by atoms with Gasteiger partial charge >= 0.3 is 0 Å². The van der Waals surface area contributed by atoms with E-state index in [0.29, 0.717) is 0 Å². The summed E-state index contributed by atoms with van der Waals surface area (Å²) in [6.07, 6.45) is 3.41. The van der Waals surface area contributed by atoms with Gasteiger partial charge < -0.3 is 0 Å². The molecule has 0 amide bonds. The van der Waals surface area contributed by atoms with Crippen LogP contribution in [0.15, 0.2) is 17.8 Å². The lowest BCUT2D eigenvalue weighted by atomic mass is 10.3. The highest BCUT2D eigenvalue weighted by molar-refractivity contribution is 5.60. The number of nitrogens with zero attached hydrogens (tertiary/aromatic N) is 3. The molecule has 16 heavy (non-hydrogen) atoms. The van der Waals surface area contributed by atoms with Gasteiger partial charge in [0.1, 0.15) is 0 Å². The molecule has 0 aromatic carbocycles. The SMILES string of the molecule is C=Cc1cnn(C)c1N=C.CC.CC.CC. The second-order valence-electron chi connectivity index (χ2n) is 1.91. The van der Waals surface area contributed by atoms with Crippen LogP contribution in [0.3, 0.4) is 0 Å². The van der Waals surface area contributed by atoms with Crippen molar-refractivity contribution in [2.75, 3.05) is 0 Å². The minimum atomic E-state index is 0.759. The van der Waals surface area contributed by atoms with Crippen molar-refractivity contribution in [3.05, 3.63) is 18.3 Å². The highest BCUT2D eigenvalue weighted by atomic mass is 15.3. The predicted molar refractivity (Wildman–Crippen MR) is 76.6 cm³/mol. The van der Waals surface area contributed by atoms with E-state index in [1.807, 2.05) is 48.6 Å². The topological polar surface area (TPSA) is 30.2 Å². The average molecular weight is 225 g/mol. The number of hydrogen-bond donors (Lipinski definition) is 0. The first-order chi connectivity index (χ1) is 7.79. The average Bonchev–Trinajstić information content (AvgIpc) is 2.77. The van der Waals surface area contributed by atoms with E-state index < -0.39 is 0 Å². The van der Waals surface area contributed by atoms with E-state index in [4.69, 9.17) is 0 Å². The van der Waals surface area contributed by atoms with Gasteiger partial charge in [-0.1, -0.05) is 54.2 Å². The van der Waals surface area contributed by atoms with E-state index >= 15 is 0 Å². The summed E-state index contributed by atoms with van der Waals surface area (Å²) in [6, 6.07) is 0. The summed E-state index contributed by atoms with van der Waals surface area (Å²) in [7, 11) is 1.82. The fraction of sp³-hybridized carbons (Fsp3) is 0.538. The second kappa shape index (κ2) is 16.1. The fourth-order valence-electron chi connectivity index (χ4n) is 0.786. The molecule has 1 aromatic heterocycles. The molecule has 0 radical (unpaired) electrons. The number of aliphatic imine (C=N–C) groups is 1. The Labute approximate surface area is 101 Å². The molecule has 0 unspecified atom stereocenters. The molecule has 1 rings (SSSR count). The summed E-state index contributed by atoms with van der Waals surface area (Å²) in [4.78, 5) is 3.78. The van der Waals surface area contributed by atoms with Crippen molar-refractivity contribution in [3.8, 4) is 0 Å². The van der Waals surface area contributed by atoms with Crippen molar-refractivity contribution in [1.82, 2.24) is 9.78 Å². The third-order valence-electron chi connectivity index (χ3n) is 1.30. The smallest absolute Gasteiger partial charge is 0.156 e. The molecule has 0 spiro atoms. The van der Waals surface area contributed by atoms with Gasteiger partial charge in [0.25, 0.3) is 0 Å². The zero-order valence-corrected chi connectivity index (χ0v) is 11.9. The largest absolute Gasteiger partial charge is 0.250 e. The summed E-state index contributed by atoms with van der Waals surface area (Å²) in [5.41, 5.74) is 0.914. The zero-order chi connectivity index (χ0) is 13.6. The molecule has 3 nitrogen and oxygen atoms in total. The monoisotopic (exact) mass is 225 g/mol. The Balaban J connectivity index is -0.000000245. The first-order valence-electron chi connectivity index (χ1n) is 5.90. The molecule has 1 aromatic rings. The summed E-state index contributed by atoms with van der Waals surface area (Å²) in [6.45, 7) is 19.0. The Hall–Kier alpha value is -1.38. The van der Waals surface area contributed by atoms with Crippen LogP contribution in [-0.2, 0) is 7.05 Å². The number of aromatic nitrogens is 2. The van der Waals surface area contributed by atoms with E-state index in [9.17, 15) is 0 Å². The summed E-state index contributed by atoms with van der Waals surface area (Å²) in [5, 5.41) is 3.97. The van der Waals surface area contributed by atoms with Crippen molar-refractivity contribution in [2.24, 2.45) is 12.0 Å². The van der Waals surface area contributed by atoms with E-state index in [1.54, 1.807) is 17.0 Å². The van der Waals surface area contributed by atoms with Crippen LogP contribution in [0.5, 0.6) is 0 Å². The predicted octanol–water partition coefficient (Wildman–Crippen LogP) is 4.47. The van der Waals surface area contributed by atoms with Gasteiger partial charge in [-0.3, -0.25) is 4.68 Å². The first-order valence-corrected chi connectivity index (χ1v) is 5.90. The van der Waals surface area contributed by atoms with Gasteiger partial charge in [0.15, 0.2) is 5.82 Å². The highest BCUT2D eigenvalue weighted by Crippen LogP contribution is 2.16. The Kier molecular flexibility index (Phi) is 20.2. The standard InChI is InChI=1S/C7H9N3.3C2H6/c1-4-6-5-9-10(3)7(6)8-2;3*1-2/h4-5H,1-2H2,3H3;3*1-2H3. The second-order valence-corrected chi connectivity index (χ2v) is 1.91. The minimum absolute atomic E-state index is 0.759. The Morgan fingerprint density at radius 3 is 1.88 bits per heavy atom. The third kappa shape index (κ3) is 6.98. The maximum absolute atomic E-state index is 3.97. The Morgan fingerprint density at radius 2 is 1.62 bits per heavy atom. The molecule has 0 atom stereocenters. The van der Waals surface area contributed by atoms with Gasteiger partial charge in [-0.05, 0) is 6.72 Å². The zero-order valence-electron chi connectivity index (χ0n) is 11.9. The highest BCUT2D eigenvalue weighted by Gasteiger charge is 2.00. The normalized spacial score (nSPS) is 6.94. The third-order valence-corrected chi connectivity index (χ3v) is 1.30. The van der Waals surface area contributed by atoms with Crippen LogP contribution in [0.2, 0.25) is 0 Å². The lowest BCUT2D eigenvalue weighted by molar-refractivity contribution is 0.771. The van der Waals surface area contributed by atoms with Crippen molar-refractivity contribution in [1.29, 1.82) is 0 Å².